The Hall–Kier alpha value is -1.55. The van der Waals surface area contributed by atoms with Crippen LogP contribution in [0.3, 0.4) is 0 Å². The van der Waals surface area contributed by atoms with Crippen LogP contribution in [0.5, 0.6) is 0 Å². The molecule has 2 aliphatic carbocycles. The molecule has 0 aromatic heterocycles. The minimum atomic E-state index is -0.0441. The lowest BCUT2D eigenvalue weighted by atomic mass is 9.81. The molecule has 3 aliphatic rings. The molecule has 4 rings (SSSR count). The van der Waals surface area contributed by atoms with Gasteiger partial charge in [0.15, 0.2) is 0 Å². The first-order valence-electron chi connectivity index (χ1n) is 7.50. The van der Waals surface area contributed by atoms with Crippen molar-refractivity contribution in [2.24, 2.45) is 23.7 Å². The highest BCUT2D eigenvalue weighted by Gasteiger charge is 2.60. The number of imide groups is 1. The quantitative estimate of drug-likeness (QED) is 0.874. The Morgan fingerprint density at radius 3 is 2.43 bits per heavy atom. The highest BCUT2D eigenvalue weighted by Crippen LogP contribution is 2.55. The van der Waals surface area contributed by atoms with Gasteiger partial charge in [0.2, 0.25) is 11.8 Å². The average Bonchev–Trinajstić information content (AvgIpc) is 3.12. The second-order valence-corrected chi connectivity index (χ2v) is 6.77. The molecule has 5 heteroatoms. The van der Waals surface area contributed by atoms with Gasteiger partial charge in [-0.25, -0.2) is 0 Å². The van der Waals surface area contributed by atoms with Gasteiger partial charge in [0.25, 0.3) is 0 Å². The first kappa shape index (κ1) is 13.1. The van der Waals surface area contributed by atoms with E-state index in [2.05, 4.69) is 5.32 Å². The molecule has 1 aromatic carbocycles. The number of rotatable bonds is 3. The maximum Gasteiger partial charge on any atom is 0.234 e. The summed E-state index contributed by atoms with van der Waals surface area (Å²) in [4.78, 5) is 26.4. The lowest BCUT2D eigenvalue weighted by molar-refractivity contribution is -0.140. The fourth-order valence-electron chi connectivity index (χ4n) is 4.40. The zero-order valence-corrected chi connectivity index (χ0v) is 12.3. The minimum absolute atomic E-state index is 0.0201. The predicted molar refractivity (Wildman–Crippen MR) is 79.6 cm³/mol. The molecule has 0 unspecified atom stereocenters. The summed E-state index contributed by atoms with van der Waals surface area (Å²) in [6.07, 6.45) is 3.29. The topological polar surface area (TPSA) is 49.4 Å². The van der Waals surface area contributed by atoms with Gasteiger partial charge in [0, 0.05) is 10.7 Å². The average molecular weight is 305 g/mol. The first-order chi connectivity index (χ1) is 10.1. The van der Waals surface area contributed by atoms with Crippen LogP contribution in [0.4, 0.5) is 5.69 Å². The van der Waals surface area contributed by atoms with Crippen molar-refractivity contribution in [2.75, 3.05) is 12.0 Å². The van der Waals surface area contributed by atoms with Gasteiger partial charge in [-0.2, -0.15) is 0 Å². The van der Waals surface area contributed by atoms with E-state index in [1.165, 1.54) is 4.90 Å². The Kier molecular flexibility index (Phi) is 2.96. The molecule has 1 heterocycles. The number of carbonyl (C=O) groups excluding carboxylic acids is 2. The molecule has 2 bridgehead atoms. The molecule has 0 radical (unpaired) electrons. The molecule has 2 saturated carbocycles. The summed E-state index contributed by atoms with van der Waals surface area (Å²) in [7, 11) is 0. The van der Waals surface area contributed by atoms with E-state index in [4.69, 9.17) is 11.6 Å². The van der Waals surface area contributed by atoms with Crippen LogP contribution in [0.1, 0.15) is 19.3 Å². The molecule has 3 fully saturated rings. The molecular weight excluding hydrogens is 288 g/mol. The zero-order chi connectivity index (χ0) is 14.6. The standard InChI is InChI=1S/C16H17ClN2O2/c17-11-2-1-3-12(7-11)18-8-19-15(20)13-9-4-5-10(6-9)14(13)16(19)21/h1-3,7,9-10,13-14,18H,4-6,8H2/t9-,10-,13+,14+/m0/s1. The number of anilines is 1. The second-order valence-electron chi connectivity index (χ2n) is 6.33. The van der Waals surface area contributed by atoms with E-state index >= 15 is 0 Å². The monoisotopic (exact) mass is 304 g/mol. The van der Waals surface area contributed by atoms with E-state index in [0.717, 1.165) is 24.9 Å². The normalized spacial score (nSPS) is 33.7. The third-order valence-electron chi connectivity index (χ3n) is 5.28. The molecule has 0 spiro atoms. The Morgan fingerprint density at radius 1 is 1.14 bits per heavy atom. The van der Waals surface area contributed by atoms with Crippen molar-refractivity contribution < 1.29 is 9.59 Å². The van der Waals surface area contributed by atoms with E-state index in [1.54, 1.807) is 12.1 Å². The van der Waals surface area contributed by atoms with Gasteiger partial charge < -0.3 is 5.32 Å². The lowest BCUT2D eigenvalue weighted by Gasteiger charge is -2.19. The molecule has 1 aliphatic heterocycles. The molecule has 1 saturated heterocycles. The third-order valence-corrected chi connectivity index (χ3v) is 5.52. The van der Waals surface area contributed by atoms with E-state index in [-0.39, 0.29) is 30.3 Å². The number of amides is 2. The first-order valence-corrected chi connectivity index (χ1v) is 7.87. The summed E-state index contributed by atoms with van der Waals surface area (Å²) in [5.74, 6) is 0.827. The Labute approximate surface area is 128 Å². The summed E-state index contributed by atoms with van der Waals surface area (Å²) in [6.45, 7) is 0.241. The number of nitrogens with zero attached hydrogens (tertiary/aromatic N) is 1. The van der Waals surface area contributed by atoms with Crippen LogP contribution in [0.15, 0.2) is 24.3 Å². The lowest BCUT2D eigenvalue weighted by Crippen LogP contribution is -2.36. The third kappa shape index (κ3) is 1.96. The molecule has 110 valence electrons. The van der Waals surface area contributed by atoms with E-state index in [0.29, 0.717) is 16.9 Å². The number of nitrogens with one attached hydrogen (secondary N) is 1. The van der Waals surface area contributed by atoms with E-state index in [1.807, 2.05) is 12.1 Å². The minimum Gasteiger partial charge on any atom is -0.367 e. The molecular formula is C16H17ClN2O2. The molecule has 1 N–H and O–H groups in total. The van der Waals surface area contributed by atoms with Crippen molar-refractivity contribution in [1.82, 2.24) is 4.90 Å². The number of benzene rings is 1. The Balaban J connectivity index is 1.49. The van der Waals surface area contributed by atoms with Crippen LogP contribution in [0, 0.1) is 23.7 Å². The number of fused-ring (bicyclic) bond motifs is 5. The molecule has 4 nitrogen and oxygen atoms in total. The Bertz CT molecular complexity index is 590. The number of hydrogen-bond donors (Lipinski definition) is 1. The van der Waals surface area contributed by atoms with Gasteiger partial charge >= 0.3 is 0 Å². The van der Waals surface area contributed by atoms with Crippen molar-refractivity contribution >= 4 is 29.1 Å². The zero-order valence-electron chi connectivity index (χ0n) is 11.6. The second kappa shape index (κ2) is 4.73. The van der Waals surface area contributed by atoms with Gasteiger partial charge in [-0.15, -0.1) is 0 Å². The number of hydrogen-bond acceptors (Lipinski definition) is 3. The van der Waals surface area contributed by atoms with Crippen LogP contribution in [0.25, 0.3) is 0 Å². The Morgan fingerprint density at radius 2 is 1.81 bits per heavy atom. The SMILES string of the molecule is O=C1[C@@H]2[C@H]3CC[C@@H](C3)[C@H]2C(=O)N1CNc1cccc(Cl)c1. The summed E-state index contributed by atoms with van der Waals surface area (Å²) in [6, 6.07) is 7.30. The van der Waals surface area contributed by atoms with Gasteiger partial charge in [-0.1, -0.05) is 17.7 Å². The van der Waals surface area contributed by atoms with Gasteiger partial charge in [0.1, 0.15) is 0 Å². The van der Waals surface area contributed by atoms with Gasteiger partial charge in [-0.05, 0) is 49.3 Å². The van der Waals surface area contributed by atoms with Crippen molar-refractivity contribution in [3.63, 3.8) is 0 Å². The summed E-state index contributed by atoms with van der Waals surface area (Å²) in [5, 5.41) is 3.76. The van der Waals surface area contributed by atoms with Gasteiger partial charge in [-0.3, -0.25) is 14.5 Å². The maximum atomic E-state index is 12.5. The van der Waals surface area contributed by atoms with E-state index < -0.39 is 0 Å². The number of halogens is 1. The van der Waals surface area contributed by atoms with Crippen molar-refractivity contribution in [1.29, 1.82) is 0 Å². The summed E-state index contributed by atoms with van der Waals surface area (Å²) < 4.78 is 0. The molecule has 2 amide bonds. The fourth-order valence-corrected chi connectivity index (χ4v) is 4.59. The van der Waals surface area contributed by atoms with Crippen molar-refractivity contribution in [3.8, 4) is 0 Å². The molecule has 4 atom stereocenters. The summed E-state index contributed by atoms with van der Waals surface area (Å²) >= 11 is 5.93. The van der Waals surface area contributed by atoms with Crippen molar-refractivity contribution in [2.45, 2.75) is 19.3 Å². The van der Waals surface area contributed by atoms with Crippen LogP contribution >= 0.6 is 11.6 Å². The summed E-state index contributed by atoms with van der Waals surface area (Å²) in [5.41, 5.74) is 0.822. The van der Waals surface area contributed by atoms with Crippen LogP contribution in [0.2, 0.25) is 5.02 Å². The highest BCUT2D eigenvalue weighted by atomic mass is 35.5. The maximum absolute atomic E-state index is 12.5. The van der Waals surface area contributed by atoms with E-state index in [9.17, 15) is 9.59 Å². The van der Waals surface area contributed by atoms with Crippen molar-refractivity contribution in [3.05, 3.63) is 29.3 Å². The number of likely N-dealkylation sites (tertiary alicyclic amines) is 1. The largest absolute Gasteiger partial charge is 0.367 e. The highest BCUT2D eigenvalue weighted by molar-refractivity contribution is 6.30. The van der Waals surface area contributed by atoms with Crippen LogP contribution in [-0.2, 0) is 9.59 Å². The van der Waals surface area contributed by atoms with Crippen LogP contribution in [-0.4, -0.2) is 23.4 Å². The smallest absolute Gasteiger partial charge is 0.234 e. The van der Waals surface area contributed by atoms with Crippen LogP contribution < -0.4 is 5.32 Å². The molecule has 21 heavy (non-hydrogen) atoms. The fraction of sp³-hybridized carbons (Fsp3) is 0.500. The molecule has 1 aromatic rings. The predicted octanol–water partition coefficient (Wildman–Crippen LogP) is 2.74. The van der Waals surface area contributed by atoms with Gasteiger partial charge in [0.05, 0.1) is 18.5 Å². The number of carbonyl (C=O) groups is 2.